The minimum atomic E-state index is -0.0132. The molecule has 0 saturated heterocycles. The van der Waals surface area contributed by atoms with Crippen molar-refractivity contribution < 1.29 is 9.53 Å². The molecule has 0 aliphatic heterocycles. The van der Waals surface area contributed by atoms with Gasteiger partial charge in [0.1, 0.15) is 5.75 Å². The van der Waals surface area contributed by atoms with E-state index < -0.39 is 0 Å². The monoisotopic (exact) mass is 229 g/mol. The van der Waals surface area contributed by atoms with E-state index in [2.05, 4.69) is 0 Å². The van der Waals surface area contributed by atoms with Gasteiger partial charge in [-0.05, 0) is 30.7 Å². The van der Waals surface area contributed by atoms with Crippen molar-refractivity contribution >= 4 is 5.78 Å². The molecular weight excluding hydrogens is 214 g/mol. The molecule has 0 N–H and O–H groups in total. The Labute approximate surface area is 101 Å². The molecule has 3 heteroatoms. The van der Waals surface area contributed by atoms with E-state index >= 15 is 0 Å². The first-order valence-corrected chi connectivity index (χ1v) is 5.51. The Kier molecular flexibility index (Phi) is 3.28. The van der Waals surface area contributed by atoms with Crippen molar-refractivity contribution in [3.63, 3.8) is 0 Å². The van der Waals surface area contributed by atoms with E-state index in [1.165, 1.54) is 0 Å². The molecular formula is C14H15NO2. The van der Waals surface area contributed by atoms with Crippen LogP contribution in [0.5, 0.6) is 5.75 Å². The van der Waals surface area contributed by atoms with Crippen LogP contribution < -0.4 is 4.74 Å². The second kappa shape index (κ2) is 4.87. The van der Waals surface area contributed by atoms with Gasteiger partial charge < -0.3 is 9.30 Å². The SMILES string of the molecule is Cc1ccccc1OCC(=O)c1cccn1C. The van der Waals surface area contributed by atoms with E-state index in [-0.39, 0.29) is 12.4 Å². The van der Waals surface area contributed by atoms with Crippen LogP contribution in [0.25, 0.3) is 0 Å². The second-order valence-corrected chi connectivity index (χ2v) is 3.98. The highest BCUT2D eigenvalue weighted by Gasteiger charge is 2.10. The van der Waals surface area contributed by atoms with Gasteiger partial charge in [0, 0.05) is 13.2 Å². The molecule has 0 atom stereocenters. The lowest BCUT2D eigenvalue weighted by molar-refractivity contribution is 0.0913. The maximum absolute atomic E-state index is 11.9. The number of Topliss-reactive ketones (excluding diaryl/α,β-unsaturated/α-hetero) is 1. The number of rotatable bonds is 4. The van der Waals surface area contributed by atoms with Crippen molar-refractivity contribution in [2.24, 2.45) is 7.05 Å². The molecule has 3 nitrogen and oxygen atoms in total. The number of aromatic nitrogens is 1. The van der Waals surface area contributed by atoms with E-state index in [1.54, 1.807) is 10.6 Å². The normalized spacial score (nSPS) is 10.2. The van der Waals surface area contributed by atoms with Crippen LogP contribution in [-0.2, 0) is 7.05 Å². The molecule has 0 amide bonds. The minimum absolute atomic E-state index is 0.0132. The average Bonchev–Trinajstić information content (AvgIpc) is 2.74. The number of benzene rings is 1. The van der Waals surface area contributed by atoms with E-state index in [1.807, 2.05) is 50.5 Å². The zero-order valence-electron chi connectivity index (χ0n) is 10.0. The van der Waals surface area contributed by atoms with Crippen LogP contribution in [-0.4, -0.2) is 17.0 Å². The summed E-state index contributed by atoms with van der Waals surface area (Å²) in [7, 11) is 1.85. The van der Waals surface area contributed by atoms with Gasteiger partial charge >= 0.3 is 0 Å². The summed E-state index contributed by atoms with van der Waals surface area (Å²) < 4.78 is 7.31. The zero-order chi connectivity index (χ0) is 12.3. The lowest BCUT2D eigenvalue weighted by Gasteiger charge is -2.08. The average molecular weight is 229 g/mol. The summed E-state index contributed by atoms with van der Waals surface area (Å²) in [6.07, 6.45) is 1.85. The molecule has 0 unspecified atom stereocenters. The number of carbonyl (C=O) groups is 1. The highest BCUT2D eigenvalue weighted by molar-refractivity contribution is 5.95. The van der Waals surface area contributed by atoms with Gasteiger partial charge in [0.15, 0.2) is 6.61 Å². The van der Waals surface area contributed by atoms with Crippen molar-refractivity contribution in [3.8, 4) is 5.75 Å². The molecule has 1 aromatic heterocycles. The quantitative estimate of drug-likeness (QED) is 0.754. The Hall–Kier alpha value is -2.03. The third-order valence-corrected chi connectivity index (χ3v) is 2.68. The molecule has 0 bridgehead atoms. The Morgan fingerprint density at radius 2 is 2.00 bits per heavy atom. The number of carbonyl (C=O) groups excluding carboxylic acids is 1. The first-order chi connectivity index (χ1) is 8.18. The van der Waals surface area contributed by atoms with E-state index in [9.17, 15) is 4.79 Å². The summed E-state index contributed by atoms with van der Waals surface area (Å²) in [6, 6.07) is 11.3. The maximum atomic E-state index is 11.9. The highest BCUT2D eigenvalue weighted by atomic mass is 16.5. The topological polar surface area (TPSA) is 31.2 Å². The van der Waals surface area contributed by atoms with Crippen LogP contribution in [0.2, 0.25) is 0 Å². The van der Waals surface area contributed by atoms with Crippen LogP contribution in [0.15, 0.2) is 42.6 Å². The summed E-state index contributed by atoms with van der Waals surface area (Å²) in [4.78, 5) is 11.9. The fourth-order valence-corrected chi connectivity index (χ4v) is 1.69. The summed E-state index contributed by atoms with van der Waals surface area (Å²) in [5.41, 5.74) is 1.70. The Morgan fingerprint density at radius 3 is 2.65 bits per heavy atom. The number of aryl methyl sites for hydroxylation is 2. The lowest BCUT2D eigenvalue weighted by atomic mass is 10.2. The fourth-order valence-electron chi connectivity index (χ4n) is 1.69. The first kappa shape index (κ1) is 11.5. The third kappa shape index (κ3) is 2.56. The molecule has 1 heterocycles. The van der Waals surface area contributed by atoms with Gasteiger partial charge in [0.25, 0.3) is 0 Å². The first-order valence-electron chi connectivity index (χ1n) is 5.51. The Bertz CT molecular complexity index is 529. The van der Waals surface area contributed by atoms with E-state index in [4.69, 9.17) is 4.74 Å². The Morgan fingerprint density at radius 1 is 1.24 bits per heavy atom. The molecule has 17 heavy (non-hydrogen) atoms. The second-order valence-electron chi connectivity index (χ2n) is 3.98. The van der Waals surface area contributed by atoms with Gasteiger partial charge in [-0.3, -0.25) is 4.79 Å². The van der Waals surface area contributed by atoms with Crippen molar-refractivity contribution in [2.75, 3.05) is 6.61 Å². The summed E-state index contributed by atoms with van der Waals surface area (Å²) in [6.45, 7) is 2.03. The third-order valence-electron chi connectivity index (χ3n) is 2.68. The molecule has 0 spiro atoms. The molecule has 0 aliphatic carbocycles. The zero-order valence-corrected chi connectivity index (χ0v) is 10.0. The van der Waals surface area contributed by atoms with Crippen LogP contribution >= 0.6 is 0 Å². The molecule has 88 valence electrons. The number of ether oxygens (including phenoxy) is 1. The van der Waals surface area contributed by atoms with Gasteiger partial charge in [-0.2, -0.15) is 0 Å². The van der Waals surface area contributed by atoms with Crippen molar-refractivity contribution in [2.45, 2.75) is 6.92 Å². The van der Waals surface area contributed by atoms with Gasteiger partial charge in [-0.1, -0.05) is 18.2 Å². The molecule has 0 radical (unpaired) electrons. The number of hydrogen-bond donors (Lipinski definition) is 0. The minimum Gasteiger partial charge on any atom is -0.485 e. The van der Waals surface area contributed by atoms with Gasteiger partial charge in [-0.15, -0.1) is 0 Å². The van der Waals surface area contributed by atoms with Crippen LogP contribution in [0.3, 0.4) is 0 Å². The predicted molar refractivity (Wildman–Crippen MR) is 66.4 cm³/mol. The van der Waals surface area contributed by atoms with Crippen LogP contribution in [0.4, 0.5) is 0 Å². The highest BCUT2D eigenvalue weighted by Crippen LogP contribution is 2.16. The van der Waals surface area contributed by atoms with Crippen molar-refractivity contribution in [1.29, 1.82) is 0 Å². The molecule has 0 aliphatic rings. The number of nitrogens with zero attached hydrogens (tertiary/aromatic N) is 1. The standard InChI is InChI=1S/C14H15NO2/c1-11-6-3-4-8-14(11)17-10-13(16)12-7-5-9-15(12)2/h3-9H,10H2,1-2H3. The molecule has 2 rings (SSSR count). The Balaban J connectivity index is 2.02. The fraction of sp³-hybridized carbons (Fsp3) is 0.214. The van der Waals surface area contributed by atoms with Gasteiger partial charge in [0.2, 0.25) is 5.78 Å². The van der Waals surface area contributed by atoms with Gasteiger partial charge in [0.05, 0.1) is 5.69 Å². The van der Waals surface area contributed by atoms with Crippen LogP contribution in [0.1, 0.15) is 16.1 Å². The van der Waals surface area contributed by atoms with Crippen molar-refractivity contribution in [1.82, 2.24) is 4.57 Å². The van der Waals surface area contributed by atoms with E-state index in [0.29, 0.717) is 5.69 Å². The van der Waals surface area contributed by atoms with E-state index in [0.717, 1.165) is 11.3 Å². The van der Waals surface area contributed by atoms with Crippen LogP contribution in [0, 0.1) is 6.92 Å². The lowest BCUT2D eigenvalue weighted by Crippen LogP contribution is -2.15. The predicted octanol–water partition coefficient (Wildman–Crippen LogP) is 2.60. The summed E-state index contributed by atoms with van der Waals surface area (Å²) in [5.74, 6) is 0.746. The smallest absolute Gasteiger partial charge is 0.216 e. The van der Waals surface area contributed by atoms with Gasteiger partial charge in [-0.25, -0.2) is 0 Å². The summed E-state index contributed by atoms with van der Waals surface area (Å²) >= 11 is 0. The molecule has 2 aromatic rings. The molecule has 0 saturated carbocycles. The van der Waals surface area contributed by atoms with Crippen molar-refractivity contribution in [3.05, 3.63) is 53.9 Å². The number of ketones is 1. The number of para-hydroxylation sites is 1. The number of hydrogen-bond acceptors (Lipinski definition) is 2. The largest absolute Gasteiger partial charge is 0.485 e. The molecule has 1 aromatic carbocycles. The maximum Gasteiger partial charge on any atom is 0.216 e. The summed E-state index contributed by atoms with van der Waals surface area (Å²) in [5, 5.41) is 0. The molecule has 0 fully saturated rings.